The molecule has 3 rings (SSSR count). The number of ether oxygens (including phenoxy) is 1. The molecular weight excluding hydrogens is 430 g/mol. The van der Waals surface area contributed by atoms with Crippen LogP contribution >= 0.6 is 11.8 Å². The maximum absolute atomic E-state index is 12.6. The van der Waals surface area contributed by atoms with E-state index >= 15 is 0 Å². The molecule has 0 saturated carbocycles. The van der Waals surface area contributed by atoms with Gasteiger partial charge in [0, 0.05) is 18.1 Å². The summed E-state index contributed by atoms with van der Waals surface area (Å²) in [5.74, 6) is -1.29. The normalized spacial score (nSPS) is 10.8. The largest absolute Gasteiger partial charge is 0.462 e. The summed E-state index contributed by atoms with van der Waals surface area (Å²) in [5.41, 5.74) is 3.26. The average Bonchev–Trinajstić information content (AvgIpc) is 3.29. The Balaban J connectivity index is 1.77. The van der Waals surface area contributed by atoms with Crippen molar-refractivity contribution >= 4 is 35.3 Å². The predicted molar refractivity (Wildman–Crippen MR) is 122 cm³/mol. The lowest BCUT2D eigenvalue weighted by atomic mass is 10.1. The smallest absolute Gasteiger partial charge is 0.344 e. The second-order valence-corrected chi connectivity index (χ2v) is 8.22. The number of rotatable bonds is 8. The second kappa shape index (κ2) is 9.86. The summed E-state index contributed by atoms with van der Waals surface area (Å²) in [5, 5.41) is 3.24. The first kappa shape index (κ1) is 23.3. The van der Waals surface area contributed by atoms with Crippen LogP contribution in [0.3, 0.4) is 0 Å². The number of carbonyl (C=O) groups excluding carboxylic acids is 3. The number of aromatic nitrogens is 2. The Morgan fingerprint density at radius 1 is 1.12 bits per heavy atom. The van der Waals surface area contributed by atoms with E-state index in [1.807, 2.05) is 36.7 Å². The van der Waals surface area contributed by atoms with Gasteiger partial charge in [-0.25, -0.2) is 9.78 Å². The lowest BCUT2D eigenvalue weighted by Crippen LogP contribution is -2.18. The highest BCUT2D eigenvalue weighted by atomic mass is 32.2. The maximum atomic E-state index is 12.6. The van der Waals surface area contributed by atoms with Crippen molar-refractivity contribution in [3.8, 4) is 5.69 Å². The summed E-state index contributed by atoms with van der Waals surface area (Å²) < 4.78 is 12.5. The Bertz CT molecular complexity index is 1160. The number of hydrogen-bond donors (Lipinski definition) is 1. The molecule has 168 valence electrons. The minimum atomic E-state index is -0.720. The highest BCUT2D eigenvalue weighted by molar-refractivity contribution is 7.99. The lowest BCUT2D eigenvalue weighted by molar-refractivity contribution is -0.113. The summed E-state index contributed by atoms with van der Waals surface area (Å²) in [6, 6.07) is 6.17. The third kappa shape index (κ3) is 5.11. The number of carbonyl (C=O) groups is 3. The van der Waals surface area contributed by atoms with E-state index < -0.39 is 11.9 Å². The van der Waals surface area contributed by atoms with Gasteiger partial charge in [0.05, 0.1) is 17.9 Å². The number of amides is 1. The first-order chi connectivity index (χ1) is 15.2. The van der Waals surface area contributed by atoms with Gasteiger partial charge in [-0.3, -0.25) is 19.5 Å². The van der Waals surface area contributed by atoms with Gasteiger partial charge in [-0.2, -0.15) is 0 Å². The van der Waals surface area contributed by atoms with E-state index in [4.69, 9.17) is 9.15 Å². The highest BCUT2D eigenvalue weighted by Crippen LogP contribution is 2.29. The summed E-state index contributed by atoms with van der Waals surface area (Å²) in [6.45, 7) is 8.72. The van der Waals surface area contributed by atoms with E-state index in [9.17, 15) is 14.4 Å². The predicted octanol–water partition coefficient (Wildman–Crippen LogP) is 4.50. The van der Waals surface area contributed by atoms with Crippen LogP contribution in [-0.2, 0) is 9.53 Å². The van der Waals surface area contributed by atoms with Crippen LogP contribution in [0.5, 0.6) is 0 Å². The number of thioether (sulfide) groups is 1. The minimum absolute atomic E-state index is 0.0270. The molecule has 1 aromatic carbocycles. The van der Waals surface area contributed by atoms with E-state index in [1.54, 1.807) is 20.0 Å². The van der Waals surface area contributed by atoms with Crippen molar-refractivity contribution in [2.24, 2.45) is 0 Å². The second-order valence-electron chi connectivity index (χ2n) is 7.28. The van der Waals surface area contributed by atoms with E-state index in [0.717, 1.165) is 16.8 Å². The molecular formula is C23H25N3O5S. The molecule has 0 spiro atoms. The number of imidazole rings is 1. The van der Waals surface area contributed by atoms with Crippen molar-refractivity contribution in [1.82, 2.24) is 9.55 Å². The number of aryl methyl sites for hydroxylation is 3. The molecule has 0 unspecified atom stereocenters. The fraction of sp³-hybridized carbons (Fsp3) is 0.304. The molecule has 0 saturated heterocycles. The summed E-state index contributed by atoms with van der Waals surface area (Å²) in [6.07, 6.45) is 3.51. The molecule has 0 radical (unpaired) electrons. The topological polar surface area (TPSA) is 103 Å². The number of nitrogens with zero attached hydrogens (tertiary/aromatic N) is 2. The molecule has 0 atom stereocenters. The lowest BCUT2D eigenvalue weighted by Gasteiger charge is -2.10. The van der Waals surface area contributed by atoms with Gasteiger partial charge >= 0.3 is 5.97 Å². The van der Waals surface area contributed by atoms with Crippen LogP contribution in [0.1, 0.15) is 51.5 Å². The first-order valence-corrected chi connectivity index (χ1v) is 11.1. The standard InChI is InChI=1S/C23H25N3O5S/c1-6-30-22(29)20-19(15(4)27)16(5)31-21(20)25-18(28)12-32-23-24-7-8-26(23)17-10-13(2)9-14(3)11-17/h7-11H,6,12H2,1-5H3,(H,25,28). The van der Waals surface area contributed by atoms with Crippen molar-refractivity contribution in [1.29, 1.82) is 0 Å². The summed E-state index contributed by atoms with van der Waals surface area (Å²) in [7, 11) is 0. The van der Waals surface area contributed by atoms with Crippen LogP contribution in [0.15, 0.2) is 40.2 Å². The van der Waals surface area contributed by atoms with E-state index in [2.05, 4.69) is 16.4 Å². The van der Waals surface area contributed by atoms with Crippen LogP contribution in [-0.4, -0.2) is 39.6 Å². The van der Waals surface area contributed by atoms with Crippen LogP contribution < -0.4 is 5.32 Å². The van der Waals surface area contributed by atoms with Crippen LogP contribution in [0, 0.1) is 20.8 Å². The van der Waals surface area contributed by atoms with Crippen molar-refractivity contribution in [3.05, 3.63) is 58.6 Å². The van der Waals surface area contributed by atoms with Crippen molar-refractivity contribution < 1.29 is 23.5 Å². The number of esters is 1. The molecule has 1 amide bonds. The van der Waals surface area contributed by atoms with E-state index in [1.165, 1.54) is 18.7 Å². The van der Waals surface area contributed by atoms with Gasteiger partial charge in [-0.15, -0.1) is 0 Å². The van der Waals surface area contributed by atoms with Gasteiger partial charge in [0.1, 0.15) is 11.3 Å². The van der Waals surface area contributed by atoms with Gasteiger partial charge < -0.3 is 9.15 Å². The average molecular weight is 456 g/mol. The molecule has 9 heteroatoms. The monoisotopic (exact) mass is 455 g/mol. The molecule has 3 aromatic rings. The van der Waals surface area contributed by atoms with Crippen molar-refractivity contribution in [2.75, 3.05) is 17.7 Å². The fourth-order valence-corrected chi connectivity index (χ4v) is 4.20. The number of hydrogen-bond acceptors (Lipinski definition) is 7. The number of Topliss-reactive ketones (excluding diaryl/α,β-unsaturated/α-hetero) is 1. The zero-order valence-corrected chi connectivity index (χ0v) is 19.5. The minimum Gasteiger partial charge on any atom is -0.462 e. The Labute approximate surface area is 190 Å². The van der Waals surface area contributed by atoms with Crippen LogP contribution in [0.2, 0.25) is 0 Å². The Morgan fingerprint density at radius 3 is 2.44 bits per heavy atom. The van der Waals surface area contributed by atoms with Crippen LogP contribution in [0.25, 0.3) is 5.69 Å². The van der Waals surface area contributed by atoms with Gasteiger partial charge in [-0.05, 0) is 57.9 Å². The maximum Gasteiger partial charge on any atom is 0.344 e. The summed E-state index contributed by atoms with van der Waals surface area (Å²) >= 11 is 1.24. The molecule has 0 bridgehead atoms. The third-order valence-electron chi connectivity index (χ3n) is 4.59. The zero-order chi connectivity index (χ0) is 23.4. The number of nitrogens with one attached hydrogen (secondary N) is 1. The molecule has 8 nitrogen and oxygen atoms in total. The first-order valence-electron chi connectivity index (χ1n) is 10.1. The quantitative estimate of drug-likeness (QED) is 0.303. The zero-order valence-electron chi connectivity index (χ0n) is 18.6. The van der Waals surface area contributed by atoms with Gasteiger partial charge in [0.2, 0.25) is 11.8 Å². The van der Waals surface area contributed by atoms with Crippen molar-refractivity contribution in [3.63, 3.8) is 0 Å². The SMILES string of the molecule is CCOC(=O)c1c(NC(=O)CSc2nccn2-c2cc(C)cc(C)c2)oc(C)c1C(C)=O. The number of furan rings is 1. The molecule has 2 heterocycles. The molecule has 0 fully saturated rings. The molecule has 2 aromatic heterocycles. The van der Waals surface area contributed by atoms with Gasteiger partial charge in [0.15, 0.2) is 10.9 Å². The van der Waals surface area contributed by atoms with Gasteiger partial charge in [0.25, 0.3) is 0 Å². The highest BCUT2D eigenvalue weighted by Gasteiger charge is 2.28. The third-order valence-corrected chi connectivity index (χ3v) is 5.56. The number of benzene rings is 1. The number of anilines is 1. The van der Waals surface area contributed by atoms with E-state index in [-0.39, 0.29) is 40.9 Å². The molecule has 0 aliphatic rings. The molecule has 0 aliphatic heterocycles. The molecule has 32 heavy (non-hydrogen) atoms. The van der Waals surface area contributed by atoms with Crippen LogP contribution in [0.4, 0.5) is 5.88 Å². The Hall–Kier alpha value is -3.33. The Kier molecular flexibility index (Phi) is 7.19. The summed E-state index contributed by atoms with van der Waals surface area (Å²) in [4.78, 5) is 41.3. The molecule has 0 aliphatic carbocycles. The van der Waals surface area contributed by atoms with Gasteiger partial charge in [-0.1, -0.05) is 17.8 Å². The fourth-order valence-electron chi connectivity index (χ4n) is 3.43. The Morgan fingerprint density at radius 2 is 1.81 bits per heavy atom. The number of ketones is 1. The van der Waals surface area contributed by atoms with Crippen molar-refractivity contribution in [2.45, 2.75) is 39.8 Å². The molecule has 1 N–H and O–H groups in total. The van der Waals surface area contributed by atoms with E-state index in [0.29, 0.717) is 5.16 Å².